The lowest BCUT2D eigenvalue weighted by molar-refractivity contribution is 0.949. The van der Waals surface area contributed by atoms with Crippen LogP contribution in [-0.4, -0.2) is 20.2 Å². The molecule has 2 aromatic carbocycles. The van der Waals surface area contributed by atoms with Gasteiger partial charge in [0.15, 0.2) is 11.7 Å². The Morgan fingerprint density at radius 1 is 1.20 bits per heavy atom. The number of thiocarbonyl (C=S) groups is 1. The molecule has 0 saturated carbocycles. The Morgan fingerprint density at radius 2 is 1.92 bits per heavy atom. The molecule has 1 atom stereocenters. The van der Waals surface area contributed by atoms with Crippen molar-refractivity contribution in [3.8, 4) is 6.07 Å². The van der Waals surface area contributed by atoms with Crippen LogP contribution in [0.4, 0.5) is 5.69 Å². The molecule has 1 heterocycles. The third-order valence-electron chi connectivity index (χ3n) is 3.52. The zero-order chi connectivity index (χ0) is 17.6. The molecule has 3 rings (SSSR count). The Bertz CT molecular complexity index is 899. The fourth-order valence-corrected chi connectivity index (χ4v) is 2.69. The van der Waals surface area contributed by atoms with Crippen molar-refractivity contribution >= 4 is 34.5 Å². The van der Waals surface area contributed by atoms with E-state index >= 15 is 0 Å². The van der Waals surface area contributed by atoms with E-state index in [2.05, 4.69) is 26.6 Å². The van der Waals surface area contributed by atoms with Crippen molar-refractivity contribution in [2.75, 3.05) is 5.32 Å². The van der Waals surface area contributed by atoms with Crippen molar-refractivity contribution < 1.29 is 0 Å². The van der Waals surface area contributed by atoms with Crippen LogP contribution < -0.4 is 5.32 Å². The summed E-state index contributed by atoms with van der Waals surface area (Å²) >= 11 is 11.2. The molecule has 5 nitrogen and oxygen atoms in total. The average Bonchev–Trinajstić information content (AvgIpc) is 3.06. The highest BCUT2D eigenvalue weighted by molar-refractivity contribution is 7.80. The molecule has 2 N–H and O–H groups in total. The molecule has 1 aromatic heterocycles. The molecule has 25 heavy (non-hydrogen) atoms. The zero-order valence-corrected chi connectivity index (χ0v) is 14.7. The van der Waals surface area contributed by atoms with Crippen LogP contribution in [-0.2, 0) is 6.42 Å². The summed E-state index contributed by atoms with van der Waals surface area (Å²) < 4.78 is 0. The molecule has 0 aliphatic carbocycles. The van der Waals surface area contributed by atoms with Crippen molar-refractivity contribution in [3.05, 3.63) is 76.8 Å². The molecular formula is C18H14ClN5S. The Kier molecular flexibility index (Phi) is 5.39. The number of aromatic amines is 1. The maximum atomic E-state index is 9.48. The number of anilines is 1. The number of nitrogens with zero attached hydrogens (tertiary/aromatic N) is 3. The molecule has 124 valence electrons. The van der Waals surface area contributed by atoms with Crippen LogP contribution in [0.15, 0.2) is 54.6 Å². The van der Waals surface area contributed by atoms with Crippen LogP contribution >= 0.6 is 23.8 Å². The predicted molar refractivity (Wildman–Crippen MR) is 102 cm³/mol. The number of nitrogens with one attached hydrogen (secondary N) is 2. The molecule has 0 amide bonds. The Hall–Kier alpha value is -2.75. The molecule has 0 aliphatic heterocycles. The van der Waals surface area contributed by atoms with E-state index in [9.17, 15) is 5.26 Å². The Balaban J connectivity index is 1.71. The van der Waals surface area contributed by atoms with E-state index in [1.807, 2.05) is 30.3 Å². The largest absolute Gasteiger partial charge is 0.349 e. The number of rotatable bonds is 5. The fraction of sp³-hybridized carbons (Fsp3) is 0.111. The van der Waals surface area contributed by atoms with Crippen LogP contribution in [0.5, 0.6) is 0 Å². The topological polar surface area (TPSA) is 77.4 Å². The van der Waals surface area contributed by atoms with Crippen molar-refractivity contribution in [2.24, 2.45) is 0 Å². The molecule has 3 aromatic rings. The molecule has 0 saturated heterocycles. The van der Waals surface area contributed by atoms with Gasteiger partial charge in [-0.2, -0.15) is 10.4 Å². The van der Waals surface area contributed by atoms with Crippen molar-refractivity contribution in [2.45, 2.75) is 12.3 Å². The summed E-state index contributed by atoms with van der Waals surface area (Å²) in [6, 6.07) is 19.2. The number of nitriles is 1. The molecule has 7 heteroatoms. The number of hydrogen-bond donors (Lipinski definition) is 2. The standard InChI is InChI=1S/C18H14ClN5S/c19-13-6-8-14(9-7-13)21-18(25)15(11-20)17-22-16(23-24-17)10-12-4-2-1-3-5-12/h1-9,15H,10H2,(H,21,25)(H,22,23,24). The number of aromatic nitrogens is 3. The zero-order valence-electron chi connectivity index (χ0n) is 13.1. The summed E-state index contributed by atoms with van der Waals surface area (Å²) in [5, 5.41) is 20.2. The first kappa shape index (κ1) is 17.1. The van der Waals surface area contributed by atoms with E-state index in [0.717, 1.165) is 11.3 Å². The van der Waals surface area contributed by atoms with Crippen LogP contribution in [0.25, 0.3) is 0 Å². The number of hydrogen-bond acceptors (Lipinski definition) is 4. The van der Waals surface area contributed by atoms with Gasteiger partial charge in [0.05, 0.1) is 6.07 Å². The maximum Gasteiger partial charge on any atom is 0.174 e. The van der Waals surface area contributed by atoms with Gasteiger partial charge in [-0.15, -0.1) is 0 Å². The van der Waals surface area contributed by atoms with Crippen LogP contribution in [0.2, 0.25) is 5.02 Å². The average molecular weight is 368 g/mol. The van der Waals surface area contributed by atoms with Crippen LogP contribution in [0.1, 0.15) is 23.1 Å². The van der Waals surface area contributed by atoms with Gasteiger partial charge in [-0.05, 0) is 29.8 Å². The molecule has 0 fully saturated rings. The SMILES string of the molecule is N#CC(C(=S)Nc1ccc(Cl)cc1)c1n[nH]c(Cc2ccccc2)n1. The molecule has 0 spiro atoms. The monoisotopic (exact) mass is 367 g/mol. The number of halogens is 1. The first-order valence-electron chi connectivity index (χ1n) is 7.57. The molecule has 0 aliphatic rings. The molecule has 0 radical (unpaired) electrons. The van der Waals surface area contributed by atoms with Gasteiger partial charge in [0, 0.05) is 17.1 Å². The first-order valence-corrected chi connectivity index (χ1v) is 8.35. The normalized spacial score (nSPS) is 11.5. The summed E-state index contributed by atoms with van der Waals surface area (Å²) in [7, 11) is 0. The van der Waals surface area contributed by atoms with Crippen molar-refractivity contribution in [1.82, 2.24) is 15.2 Å². The minimum Gasteiger partial charge on any atom is -0.349 e. The summed E-state index contributed by atoms with van der Waals surface area (Å²) in [5.41, 5.74) is 1.87. The van der Waals surface area contributed by atoms with Crippen LogP contribution in [0, 0.1) is 11.3 Å². The van der Waals surface area contributed by atoms with Gasteiger partial charge >= 0.3 is 0 Å². The summed E-state index contributed by atoms with van der Waals surface area (Å²) in [6.45, 7) is 0. The van der Waals surface area contributed by atoms with E-state index in [1.54, 1.807) is 24.3 Å². The summed E-state index contributed by atoms with van der Waals surface area (Å²) in [5.74, 6) is 0.321. The number of benzene rings is 2. The third kappa shape index (κ3) is 4.41. The highest BCUT2D eigenvalue weighted by Gasteiger charge is 2.21. The Labute approximate surface area is 155 Å². The van der Waals surface area contributed by atoms with Gasteiger partial charge in [-0.1, -0.05) is 54.2 Å². The first-order chi connectivity index (χ1) is 12.2. The highest BCUT2D eigenvalue weighted by Crippen LogP contribution is 2.18. The van der Waals surface area contributed by atoms with Crippen LogP contribution in [0.3, 0.4) is 0 Å². The second-order valence-electron chi connectivity index (χ2n) is 5.36. The van der Waals surface area contributed by atoms with E-state index < -0.39 is 5.92 Å². The minimum absolute atomic E-state index is 0.343. The van der Waals surface area contributed by atoms with Gasteiger partial charge in [0.2, 0.25) is 0 Å². The molecular weight excluding hydrogens is 354 g/mol. The Morgan fingerprint density at radius 3 is 2.60 bits per heavy atom. The second kappa shape index (κ2) is 7.88. The van der Waals surface area contributed by atoms with Crippen molar-refractivity contribution in [1.29, 1.82) is 5.26 Å². The molecule has 0 bridgehead atoms. The van der Waals surface area contributed by atoms with Gasteiger partial charge in [0.1, 0.15) is 10.8 Å². The van der Waals surface area contributed by atoms with E-state index in [-0.39, 0.29) is 0 Å². The lowest BCUT2D eigenvalue weighted by Crippen LogP contribution is -2.19. The molecule has 1 unspecified atom stereocenters. The fourth-order valence-electron chi connectivity index (χ4n) is 2.29. The highest BCUT2D eigenvalue weighted by atomic mass is 35.5. The lowest BCUT2D eigenvalue weighted by atomic mass is 10.1. The predicted octanol–water partition coefficient (Wildman–Crippen LogP) is 4.10. The van der Waals surface area contributed by atoms with Gasteiger partial charge in [-0.25, -0.2) is 4.98 Å². The van der Waals surface area contributed by atoms with E-state index in [0.29, 0.717) is 28.1 Å². The van der Waals surface area contributed by atoms with Gasteiger partial charge in [0.25, 0.3) is 0 Å². The van der Waals surface area contributed by atoms with E-state index in [1.165, 1.54) is 0 Å². The summed E-state index contributed by atoms with van der Waals surface area (Å²) in [4.78, 5) is 4.76. The van der Waals surface area contributed by atoms with Crippen molar-refractivity contribution in [3.63, 3.8) is 0 Å². The third-order valence-corrected chi connectivity index (χ3v) is 4.11. The van der Waals surface area contributed by atoms with E-state index in [4.69, 9.17) is 23.8 Å². The smallest absolute Gasteiger partial charge is 0.174 e. The lowest BCUT2D eigenvalue weighted by Gasteiger charge is -2.10. The van der Waals surface area contributed by atoms with Gasteiger partial charge in [-0.3, -0.25) is 5.10 Å². The maximum absolute atomic E-state index is 9.48. The quantitative estimate of drug-likeness (QED) is 0.664. The minimum atomic E-state index is -0.730. The van der Waals surface area contributed by atoms with Gasteiger partial charge < -0.3 is 5.32 Å². The summed E-state index contributed by atoms with van der Waals surface area (Å²) in [6.07, 6.45) is 0.614. The second-order valence-corrected chi connectivity index (χ2v) is 6.24. The number of H-pyrrole nitrogens is 1.